The van der Waals surface area contributed by atoms with E-state index < -0.39 is 29.5 Å². The number of carbonyl (C=O) groups excluding carboxylic acids is 2. The van der Waals surface area contributed by atoms with Crippen molar-refractivity contribution in [1.82, 2.24) is 15.1 Å². The number of benzene rings is 3. The number of ether oxygens (including phenoxy) is 1. The van der Waals surface area contributed by atoms with Crippen molar-refractivity contribution in [1.29, 1.82) is 0 Å². The highest BCUT2D eigenvalue weighted by atomic mass is 19.4. The molecule has 3 aromatic carbocycles. The van der Waals surface area contributed by atoms with Crippen molar-refractivity contribution in [3.8, 4) is 11.4 Å². The molecule has 1 heterocycles. The predicted octanol–water partition coefficient (Wildman–Crippen LogP) is 7.29. The Kier molecular flexibility index (Phi) is 9.27. The SMILES string of the molecule is CC(C)(C)OC(=O)NCc1ccccc1-n1nc(C(F)(F)F)cc1C(=O)Nc1cccc(Cc2ccc(O)cc2NCC2CC2)c1. The molecule has 0 spiro atoms. The molecule has 46 heavy (non-hydrogen) atoms. The van der Waals surface area contributed by atoms with E-state index in [9.17, 15) is 27.9 Å². The lowest BCUT2D eigenvalue weighted by Gasteiger charge is -2.20. The van der Waals surface area contributed by atoms with E-state index in [0.29, 0.717) is 29.7 Å². The lowest BCUT2D eigenvalue weighted by Crippen LogP contribution is -2.32. The third-order valence-corrected chi connectivity index (χ3v) is 7.23. The van der Waals surface area contributed by atoms with Crippen molar-refractivity contribution in [3.63, 3.8) is 0 Å². The second kappa shape index (κ2) is 13.2. The van der Waals surface area contributed by atoms with Crippen LogP contribution in [-0.2, 0) is 23.9 Å². The second-order valence-electron chi connectivity index (χ2n) is 12.3. The number of halogens is 3. The van der Waals surface area contributed by atoms with E-state index >= 15 is 0 Å². The van der Waals surface area contributed by atoms with Gasteiger partial charge in [0.1, 0.15) is 17.0 Å². The molecule has 0 aliphatic heterocycles. The molecule has 1 aromatic heterocycles. The van der Waals surface area contributed by atoms with Gasteiger partial charge in [0.25, 0.3) is 5.91 Å². The van der Waals surface area contributed by atoms with Crippen molar-refractivity contribution in [2.75, 3.05) is 17.2 Å². The van der Waals surface area contributed by atoms with Gasteiger partial charge in [0.15, 0.2) is 5.69 Å². The molecule has 4 aromatic rings. The summed E-state index contributed by atoms with van der Waals surface area (Å²) in [5.74, 6) is -0.0141. The maximum Gasteiger partial charge on any atom is 0.435 e. The summed E-state index contributed by atoms with van der Waals surface area (Å²) in [7, 11) is 0. The van der Waals surface area contributed by atoms with Crippen LogP contribution in [0.5, 0.6) is 5.75 Å². The maximum atomic E-state index is 13.8. The summed E-state index contributed by atoms with van der Waals surface area (Å²) < 4.78 is 47.6. The van der Waals surface area contributed by atoms with Gasteiger partial charge in [0.2, 0.25) is 0 Å². The van der Waals surface area contributed by atoms with Gasteiger partial charge >= 0.3 is 12.3 Å². The molecule has 2 amide bonds. The average molecular weight is 636 g/mol. The summed E-state index contributed by atoms with van der Waals surface area (Å²) in [6, 6.07) is 19.3. The van der Waals surface area contributed by atoms with Crippen LogP contribution in [0.15, 0.2) is 72.8 Å². The van der Waals surface area contributed by atoms with Crippen LogP contribution in [0.2, 0.25) is 0 Å². The predicted molar refractivity (Wildman–Crippen MR) is 168 cm³/mol. The number of amides is 2. The minimum absolute atomic E-state index is 0.0792. The maximum absolute atomic E-state index is 13.8. The molecule has 0 radical (unpaired) electrons. The number of carbonyl (C=O) groups is 2. The first-order valence-electron chi connectivity index (χ1n) is 14.9. The highest BCUT2D eigenvalue weighted by molar-refractivity contribution is 6.03. The highest BCUT2D eigenvalue weighted by Crippen LogP contribution is 2.32. The number of aromatic nitrogens is 2. The first-order valence-corrected chi connectivity index (χ1v) is 14.9. The molecule has 12 heteroatoms. The third kappa shape index (κ3) is 8.58. The fourth-order valence-electron chi connectivity index (χ4n) is 4.85. The number of phenols is 1. The Hall–Kier alpha value is -5.00. The van der Waals surface area contributed by atoms with Gasteiger partial charge in [0.05, 0.1) is 5.69 Å². The van der Waals surface area contributed by atoms with Crippen LogP contribution in [0, 0.1) is 5.92 Å². The average Bonchev–Trinajstić information content (AvgIpc) is 3.69. The van der Waals surface area contributed by atoms with Gasteiger partial charge in [-0.1, -0.05) is 36.4 Å². The van der Waals surface area contributed by atoms with Crippen LogP contribution in [0.25, 0.3) is 5.69 Å². The number of alkyl carbamates (subject to hydrolysis) is 1. The smallest absolute Gasteiger partial charge is 0.435 e. The molecule has 1 aliphatic rings. The van der Waals surface area contributed by atoms with Crippen LogP contribution in [-0.4, -0.2) is 39.0 Å². The van der Waals surface area contributed by atoms with Gasteiger partial charge in [-0.2, -0.15) is 18.3 Å². The Labute approximate surface area is 264 Å². The van der Waals surface area contributed by atoms with Crippen LogP contribution in [0.4, 0.5) is 29.3 Å². The first kappa shape index (κ1) is 32.4. The standard InChI is InChI=1S/C34H36F3N5O4/c1-33(2,3)46-32(45)39-20-24-8-4-5-10-28(24)42-29(18-30(41-42)34(35,36)37)31(44)40-25-9-6-7-22(16-25)15-23-13-14-26(43)17-27(23)38-19-21-11-12-21/h4-10,13-14,16-18,21,38,43H,11-12,15,19-20H2,1-3H3,(H,39,45)(H,40,44). The van der Waals surface area contributed by atoms with Gasteiger partial charge < -0.3 is 25.8 Å². The molecule has 1 saturated carbocycles. The third-order valence-electron chi connectivity index (χ3n) is 7.23. The minimum atomic E-state index is -4.81. The quantitative estimate of drug-likeness (QED) is 0.145. The van der Waals surface area contributed by atoms with Crippen molar-refractivity contribution in [2.24, 2.45) is 5.92 Å². The zero-order valence-electron chi connectivity index (χ0n) is 25.7. The molecule has 0 unspecified atom stereocenters. The van der Waals surface area contributed by atoms with Crippen LogP contribution >= 0.6 is 0 Å². The molecule has 0 atom stereocenters. The monoisotopic (exact) mass is 635 g/mol. The number of anilines is 2. The van der Waals surface area contributed by atoms with E-state index in [1.807, 2.05) is 12.1 Å². The van der Waals surface area contributed by atoms with Gasteiger partial charge in [-0.05, 0) is 86.9 Å². The van der Waals surface area contributed by atoms with Crippen molar-refractivity contribution >= 4 is 23.4 Å². The van der Waals surface area contributed by atoms with Crippen LogP contribution in [0.3, 0.4) is 0 Å². The molecular formula is C34H36F3N5O4. The van der Waals surface area contributed by atoms with E-state index in [-0.39, 0.29) is 23.7 Å². The Morgan fingerprint density at radius 2 is 1.74 bits per heavy atom. The van der Waals surface area contributed by atoms with E-state index in [1.165, 1.54) is 18.9 Å². The summed E-state index contributed by atoms with van der Waals surface area (Å²) in [4.78, 5) is 25.8. The zero-order chi connectivity index (χ0) is 33.1. The number of nitrogens with one attached hydrogen (secondary N) is 3. The Morgan fingerprint density at radius 1 is 0.978 bits per heavy atom. The molecule has 1 fully saturated rings. The molecule has 242 valence electrons. The van der Waals surface area contributed by atoms with Crippen molar-refractivity contribution < 1.29 is 32.6 Å². The number of rotatable bonds is 10. The van der Waals surface area contributed by atoms with Crippen LogP contribution in [0.1, 0.15) is 66.5 Å². The first-order chi connectivity index (χ1) is 21.7. The zero-order valence-corrected chi connectivity index (χ0v) is 25.7. The summed E-state index contributed by atoms with van der Waals surface area (Å²) in [6.07, 6.45) is -2.65. The molecule has 4 N–H and O–H groups in total. The van der Waals surface area contributed by atoms with E-state index in [0.717, 1.165) is 28.0 Å². The highest BCUT2D eigenvalue weighted by Gasteiger charge is 2.36. The summed E-state index contributed by atoms with van der Waals surface area (Å²) in [5.41, 5.74) is 1.29. The van der Waals surface area contributed by atoms with E-state index in [2.05, 4.69) is 21.0 Å². The fraction of sp³-hybridized carbons (Fsp3) is 0.324. The molecule has 1 aliphatic carbocycles. The fourth-order valence-corrected chi connectivity index (χ4v) is 4.85. The topological polar surface area (TPSA) is 118 Å². The normalized spacial score (nSPS) is 13.3. The van der Waals surface area contributed by atoms with Gasteiger partial charge in [-0.25, -0.2) is 9.48 Å². The number of alkyl halides is 3. The van der Waals surface area contributed by atoms with Crippen LogP contribution < -0.4 is 16.0 Å². The Balaban J connectivity index is 1.38. The van der Waals surface area contributed by atoms with Crippen molar-refractivity contribution in [3.05, 3.63) is 101 Å². The molecule has 0 bridgehead atoms. The van der Waals surface area contributed by atoms with Gasteiger partial charge in [-0.15, -0.1) is 0 Å². The number of aromatic hydroxyl groups is 1. The molecule has 9 nitrogen and oxygen atoms in total. The van der Waals surface area contributed by atoms with Crippen molar-refractivity contribution in [2.45, 2.75) is 58.4 Å². The number of nitrogens with zero attached hydrogens (tertiary/aromatic N) is 2. The second-order valence-corrected chi connectivity index (χ2v) is 12.3. The summed E-state index contributed by atoms with van der Waals surface area (Å²) in [5, 5.41) is 22.5. The number of hydrogen-bond donors (Lipinski definition) is 4. The molecule has 0 saturated heterocycles. The molecule has 5 rings (SSSR count). The Morgan fingerprint density at radius 3 is 2.46 bits per heavy atom. The number of phenolic OH excluding ortho intramolecular Hbond substituents is 1. The van der Waals surface area contributed by atoms with E-state index in [4.69, 9.17) is 4.74 Å². The van der Waals surface area contributed by atoms with Gasteiger partial charge in [-0.3, -0.25) is 4.79 Å². The Bertz CT molecular complexity index is 1720. The van der Waals surface area contributed by atoms with Gasteiger partial charge in [0, 0.05) is 36.6 Å². The number of hydrogen-bond acceptors (Lipinski definition) is 6. The van der Waals surface area contributed by atoms with E-state index in [1.54, 1.807) is 69.3 Å². The largest absolute Gasteiger partial charge is 0.508 e. The molecular weight excluding hydrogens is 599 g/mol. The number of para-hydroxylation sites is 1. The lowest BCUT2D eigenvalue weighted by atomic mass is 10.0. The summed E-state index contributed by atoms with van der Waals surface area (Å²) >= 11 is 0. The minimum Gasteiger partial charge on any atom is -0.508 e. The summed E-state index contributed by atoms with van der Waals surface area (Å²) in [6.45, 7) is 5.87. The lowest BCUT2D eigenvalue weighted by molar-refractivity contribution is -0.141.